The predicted molar refractivity (Wildman–Crippen MR) is 77.5 cm³/mol. The van der Waals surface area contributed by atoms with Crippen LogP contribution in [0.3, 0.4) is 0 Å². The Kier molecular flexibility index (Phi) is 5.23. The number of rotatable bonds is 5. The SMILES string of the molecule is CC(C)NCc1ccc(Sc2ncns2)c(C(F)(F)F)c1. The lowest BCUT2D eigenvalue weighted by molar-refractivity contribution is -0.139. The quantitative estimate of drug-likeness (QED) is 0.890. The minimum absolute atomic E-state index is 0.146. The number of halogens is 3. The number of hydrogen-bond acceptors (Lipinski definition) is 5. The Labute approximate surface area is 129 Å². The van der Waals surface area contributed by atoms with Crippen molar-refractivity contribution < 1.29 is 13.2 Å². The lowest BCUT2D eigenvalue weighted by atomic mass is 10.1. The van der Waals surface area contributed by atoms with Crippen LogP contribution in [0.25, 0.3) is 0 Å². The van der Waals surface area contributed by atoms with Crippen LogP contribution < -0.4 is 5.32 Å². The first-order valence-corrected chi connectivity index (χ1v) is 7.83. The Bertz CT molecular complexity index is 583. The Morgan fingerprint density at radius 2 is 2.10 bits per heavy atom. The molecular weight excluding hydrogens is 319 g/mol. The van der Waals surface area contributed by atoms with Crippen LogP contribution in [-0.2, 0) is 12.7 Å². The molecule has 1 N–H and O–H groups in total. The molecule has 1 aromatic carbocycles. The molecule has 0 radical (unpaired) electrons. The van der Waals surface area contributed by atoms with Crippen LogP contribution in [0.5, 0.6) is 0 Å². The van der Waals surface area contributed by atoms with Gasteiger partial charge in [0.25, 0.3) is 0 Å². The Hall–Kier alpha value is -1.12. The van der Waals surface area contributed by atoms with Crippen molar-refractivity contribution in [3.63, 3.8) is 0 Å². The summed E-state index contributed by atoms with van der Waals surface area (Å²) in [6.45, 7) is 4.30. The fourth-order valence-electron chi connectivity index (χ4n) is 1.62. The van der Waals surface area contributed by atoms with E-state index in [1.165, 1.54) is 18.5 Å². The molecule has 2 aromatic rings. The highest BCUT2D eigenvalue weighted by Gasteiger charge is 2.34. The zero-order chi connectivity index (χ0) is 15.5. The first-order chi connectivity index (χ1) is 9.86. The molecule has 0 saturated carbocycles. The van der Waals surface area contributed by atoms with E-state index in [0.717, 1.165) is 23.3 Å². The molecule has 21 heavy (non-hydrogen) atoms. The Balaban J connectivity index is 2.27. The maximum atomic E-state index is 13.2. The van der Waals surface area contributed by atoms with Gasteiger partial charge in [-0.2, -0.15) is 17.5 Å². The van der Waals surface area contributed by atoms with Gasteiger partial charge in [-0.15, -0.1) is 0 Å². The summed E-state index contributed by atoms with van der Waals surface area (Å²) in [4.78, 5) is 4.05. The summed E-state index contributed by atoms with van der Waals surface area (Å²) in [6.07, 6.45) is -3.05. The Morgan fingerprint density at radius 3 is 2.67 bits per heavy atom. The van der Waals surface area contributed by atoms with E-state index in [4.69, 9.17) is 0 Å². The summed E-state index contributed by atoms with van der Waals surface area (Å²) in [5, 5.41) is 3.11. The van der Waals surface area contributed by atoms with Gasteiger partial charge < -0.3 is 5.32 Å². The van der Waals surface area contributed by atoms with Crippen molar-refractivity contribution in [2.45, 2.75) is 41.8 Å². The van der Waals surface area contributed by atoms with Crippen molar-refractivity contribution >= 4 is 23.3 Å². The number of nitrogens with one attached hydrogen (secondary N) is 1. The summed E-state index contributed by atoms with van der Waals surface area (Å²) < 4.78 is 43.9. The molecule has 8 heteroatoms. The van der Waals surface area contributed by atoms with Gasteiger partial charge in [0.2, 0.25) is 0 Å². The Morgan fingerprint density at radius 1 is 1.33 bits per heavy atom. The van der Waals surface area contributed by atoms with E-state index in [0.29, 0.717) is 16.4 Å². The van der Waals surface area contributed by atoms with E-state index >= 15 is 0 Å². The molecule has 2 rings (SSSR count). The molecule has 0 amide bonds. The highest BCUT2D eigenvalue weighted by molar-refractivity contribution is 8.01. The van der Waals surface area contributed by atoms with Crippen LogP contribution in [0.4, 0.5) is 13.2 Å². The monoisotopic (exact) mass is 333 g/mol. The third kappa shape index (κ3) is 4.69. The second-order valence-corrected chi connectivity index (χ2v) is 6.74. The number of aromatic nitrogens is 2. The minimum Gasteiger partial charge on any atom is -0.310 e. The highest BCUT2D eigenvalue weighted by atomic mass is 32.2. The predicted octanol–water partition coefficient (Wildman–Crippen LogP) is 4.21. The van der Waals surface area contributed by atoms with Crippen molar-refractivity contribution in [3.8, 4) is 0 Å². The molecule has 0 atom stereocenters. The largest absolute Gasteiger partial charge is 0.417 e. The zero-order valence-corrected chi connectivity index (χ0v) is 13.1. The average Bonchev–Trinajstić information content (AvgIpc) is 2.89. The second-order valence-electron chi connectivity index (χ2n) is 4.67. The summed E-state index contributed by atoms with van der Waals surface area (Å²) in [6, 6.07) is 4.61. The fourth-order valence-corrected chi connectivity index (χ4v) is 3.16. The standard InChI is InChI=1S/C13H14F3N3S2/c1-8(2)17-6-9-3-4-11(10(5-9)13(14,15)16)20-12-18-7-19-21-12/h3-5,7-8,17H,6H2,1-2H3. The molecule has 114 valence electrons. The minimum atomic E-state index is -4.39. The van der Waals surface area contributed by atoms with Crippen molar-refractivity contribution in [2.24, 2.45) is 0 Å². The van der Waals surface area contributed by atoms with Crippen LogP contribution in [0.2, 0.25) is 0 Å². The molecule has 0 fully saturated rings. The van der Waals surface area contributed by atoms with Crippen LogP contribution in [0, 0.1) is 0 Å². The van der Waals surface area contributed by atoms with Gasteiger partial charge in [0.05, 0.1) is 5.56 Å². The van der Waals surface area contributed by atoms with Gasteiger partial charge in [-0.1, -0.05) is 31.7 Å². The van der Waals surface area contributed by atoms with E-state index in [2.05, 4.69) is 14.7 Å². The van der Waals surface area contributed by atoms with E-state index < -0.39 is 11.7 Å². The third-order valence-corrected chi connectivity index (χ3v) is 4.39. The number of hydrogen-bond donors (Lipinski definition) is 1. The lowest BCUT2D eigenvalue weighted by Gasteiger charge is -2.14. The van der Waals surface area contributed by atoms with E-state index in [-0.39, 0.29) is 10.9 Å². The molecule has 0 saturated heterocycles. The van der Waals surface area contributed by atoms with Crippen LogP contribution in [0.1, 0.15) is 25.0 Å². The number of benzene rings is 1. The second kappa shape index (κ2) is 6.76. The normalized spacial score (nSPS) is 12.1. The maximum absolute atomic E-state index is 13.2. The smallest absolute Gasteiger partial charge is 0.310 e. The van der Waals surface area contributed by atoms with Gasteiger partial charge >= 0.3 is 6.18 Å². The van der Waals surface area contributed by atoms with Gasteiger partial charge in [-0.3, -0.25) is 0 Å². The van der Waals surface area contributed by atoms with Crippen molar-refractivity contribution in [1.82, 2.24) is 14.7 Å². The molecule has 0 aliphatic rings. The summed E-state index contributed by atoms with van der Waals surface area (Å²) in [7, 11) is 0. The van der Waals surface area contributed by atoms with Crippen molar-refractivity contribution in [2.75, 3.05) is 0 Å². The summed E-state index contributed by atoms with van der Waals surface area (Å²) in [5.41, 5.74) is -0.0246. The summed E-state index contributed by atoms with van der Waals surface area (Å²) in [5.74, 6) is 0. The van der Waals surface area contributed by atoms with Gasteiger partial charge in [0.15, 0.2) is 4.34 Å². The molecule has 0 unspecified atom stereocenters. The van der Waals surface area contributed by atoms with Crippen molar-refractivity contribution in [1.29, 1.82) is 0 Å². The number of alkyl halides is 3. The highest BCUT2D eigenvalue weighted by Crippen LogP contribution is 2.40. The molecule has 0 aliphatic heterocycles. The zero-order valence-electron chi connectivity index (χ0n) is 11.4. The van der Waals surface area contributed by atoms with Gasteiger partial charge in [0, 0.05) is 17.5 Å². The molecule has 0 aliphatic carbocycles. The van der Waals surface area contributed by atoms with E-state index in [1.54, 1.807) is 6.07 Å². The fraction of sp³-hybridized carbons (Fsp3) is 0.385. The maximum Gasteiger partial charge on any atom is 0.417 e. The molecule has 1 aromatic heterocycles. The van der Waals surface area contributed by atoms with Crippen LogP contribution >= 0.6 is 23.3 Å². The average molecular weight is 333 g/mol. The van der Waals surface area contributed by atoms with Crippen LogP contribution in [0.15, 0.2) is 33.8 Å². The lowest BCUT2D eigenvalue weighted by Crippen LogP contribution is -2.22. The van der Waals surface area contributed by atoms with Crippen LogP contribution in [-0.4, -0.2) is 15.4 Å². The topological polar surface area (TPSA) is 37.8 Å². The van der Waals surface area contributed by atoms with Crippen molar-refractivity contribution in [3.05, 3.63) is 35.7 Å². The first-order valence-electron chi connectivity index (χ1n) is 6.24. The third-order valence-electron chi connectivity index (χ3n) is 2.60. The van der Waals surface area contributed by atoms with E-state index in [1.807, 2.05) is 13.8 Å². The molecule has 0 spiro atoms. The molecule has 0 bridgehead atoms. The molecular formula is C13H14F3N3S2. The first kappa shape index (κ1) is 16.3. The van der Waals surface area contributed by atoms with Gasteiger partial charge in [0.1, 0.15) is 6.33 Å². The molecule has 3 nitrogen and oxygen atoms in total. The summed E-state index contributed by atoms with van der Waals surface area (Å²) >= 11 is 2.06. The van der Waals surface area contributed by atoms with Gasteiger partial charge in [-0.25, -0.2) is 4.98 Å². The van der Waals surface area contributed by atoms with Gasteiger partial charge in [-0.05, 0) is 29.2 Å². The number of nitrogens with zero attached hydrogens (tertiary/aromatic N) is 2. The van der Waals surface area contributed by atoms with E-state index in [9.17, 15) is 13.2 Å². The molecule has 1 heterocycles.